The minimum absolute atomic E-state index is 0.527. The monoisotopic (exact) mass is 505 g/mol. The molecule has 152 valence electrons. The summed E-state index contributed by atoms with van der Waals surface area (Å²) in [7, 11) is 0. The number of allylic oxidation sites excluding steroid dienone is 1. The van der Waals surface area contributed by atoms with Gasteiger partial charge < -0.3 is 5.32 Å². The predicted molar refractivity (Wildman–Crippen MR) is 126 cm³/mol. The van der Waals surface area contributed by atoms with Gasteiger partial charge in [0.25, 0.3) is 0 Å². The summed E-state index contributed by atoms with van der Waals surface area (Å²) in [5, 5.41) is 3.92. The molecule has 4 aliphatic rings. The molecule has 9 atom stereocenters. The molecule has 0 radical (unpaired) electrons. The second kappa shape index (κ2) is 7.54. The Morgan fingerprint density at radius 2 is 1.89 bits per heavy atom. The van der Waals surface area contributed by atoms with Gasteiger partial charge >= 0.3 is 0 Å². The maximum Gasteiger partial charge on any atom is 0.0632 e. The van der Waals surface area contributed by atoms with E-state index in [0.717, 1.165) is 41.5 Å². The molecule has 1 aromatic carbocycles. The van der Waals surface area contributed by atoms with Crippen LogP contribution in [0.5, 0.6) is 0 Å². The van der Waals surface area contributed by atoms with E-state index in [4.69, 9.17) is 0 Å². The second-order valence-electron chi connectivity index (χ2n) is 10.2. The number of rotatable bonds is 2. The van der Waals surface area contributed by atoms with Gasteiger partial charge in [-0.1, -0.05) is 69.5 Å². The third-order valence-electron chi connectivity index (χ3n) is 8.91. The smallest absolute Gasteiger partial charge is 0.0632 e. The van der Waals surface area contributed by atoms with Crippen LogP contribution in [-0.2, 0) is 0 Å². The van der Waals surface area contributed by atoms with Crippen LogP contribution < -0.4 is 5.32 Å². The van der Waals surface area contributed by atoms with Crippen molar-refractivity contribution in [1.29, 1.82) is 0 Å². The Bertz CT molecular complexity index is 785. The summed E-state index contributed by atoms with van der Waals surface area (Å²) in [6.07, 6.45) is 9.33. The lowest BCUT2D eigenvalue weighted by Crippen LogP contribution is -2.53. The van der Waals surface area contributed by atoms with E-state index in [1.807, 2.05) is 0 Å². The minimum Gasteiger partial charge on any atom is -0.302 e. The SMILES string of the molecule is CC1=Cc2c(Br)cccc2C1CC1C(C)CC2C(C)C3CCC(Br)NC3CC12. The number of benzene rings is 1. The van der Waals surface area contributed by atoms with E-state index in [0.29, 0.717) is 10.9 Å². The molecular formula is C25H33Br2N. The quantitative estimate of drug-likeness (QED) is 0.326. The lowest BCUT2D eigenvalue weighted by molar-refractivity contribution is 0.0439. The topological polar surface area (TPSA) is 12.0 Å². The van der Waals surface area contributed by atoms with Crippen molar-refractivity contribution >= 4 is 37.9 Å². The standard InChI is InChI=1S/C25H33Br2N/c1-13-9-20-15(3)16-7-8-25(27)28-24(16)12-21(20)19(13)11-18-14(2)10-22-17(18)5-4-6-23(22)26/h4-6,10,13,15-16,18-21,24-25,28H,7-9,11-12H2,1-3H3. The minimum atomic E-state index is 0.527. The average Bonchev–Trinajstić information content (AvgIpc) is 3.14. The molecule has 1 nitrogen and oxygen atoms in total. The van der Waals surface area contributed by atoms with Crippen molar-refractivity contribution in [3.63, 3.8) is 0 Å². The largest absolute Gasteiger partial charge is 0.302 e. The van der Waals surface area contributed by atoms with E-state index >= 15 is 0 Å². The van der Waals surface area contributed by atoms with E-state index in [1.54, 1.807) is 11.1 Å². The van der Waals surface area contributed by atoms with E-state index < -0.39 is 0 Å². The number of alkyl halides is 1. The van der Waals surface area contributed by atoms with Gasteiger partial charge in [0.15, 0.2) is 0 Å². The summed E-state index contributed by atoms with van der Waals surface area (Å²) >= 11 is 7.63. The highest BCUT2D eigenvalue weighted by atomic mass is 79.9. The van der Waals surface area contributed by atoms with E-state index in [-0.39, 0.29) is 0 Å². The van der Waals surface area contributed by atoms with E-state index in [9.17, 15) is 0 Å². The van der Waals surface area contributed by atoms with E-state index in [2.05, 4.69) is 82.2 Å². The predicted octanol–water partition coefficient (Wildman–Crippen LogP) is 7.36. The molecule has 1 heterocycles. The fourth-order valence-corrected chi connectivity index (χ4v) is 8.61. The van der Waals surface area contributed by atoms with Gasteiger partial charge in [-0.2, -0.15) is 0 Å². The van der Waals surface area contributed by atoms with Crippen LogP contribution in [0.1, 0.15) is 69.9 Å². The zero-order chi connectivity index (χ0) is 19.6. The molecule has 1 aromatic rings. The molecule has 3 fully saturated rings. The first-order valence-corrected chi connectivity index (χ1v) is 13.0. The van der Waals surface area contributed by atoms with Crippen LogP contribution in [-0.4, -0.2) is 11.0 Å². The molecule has 3 aliphatic carbocycles. The number of hydrogen-bond acceptors (Lipinski definition) is 1. The van der Waals surface area contributed by atoms with Gasteiger partial charge in [-0.15, -0.1) is 0 Å². The van der Waals surface area contributed by atoms with Gasteiger partial charge in [0.2, 0.25) is 0 Å². The number of nitrogens with one attached hydrogen (secondary N) is 1. The third-order valence-corrected chi connectivity index (χ3v) is 10.3. The zero-order valence-electron chi connectivity index (χ0n) is 17.3. The van der Waals surface area contributed by atoms with Crippen LogP contribution >= 0.6 is 31.9 Å². The van der Waals surface area contributed by atoms with Crippen molar-refractivity contribution < 1.29 is 0 Å². The van der Waals surface area contributed by atoms with Gasteiger partial charge in [0.1, 0.15) is 0 Å². The molecule has 28 heavy (non-hydrogen) atoms. The zero-order valence-corrected chi connectivity index (χ0v) is 20.5. The molecule has 1 N–H and O–H groups in total. The normalized spacial score (nSPS) is 44.6. The highest BCUT2D eigenvalue weighted by Gasteiger charge is 2.52. The Morgan fingerprint density at radius 1 is 1.07 bits per heavy atom. The molecule has 2 saturated carbocycles. The molecule has 0 aromatic heterocycles. The number of piperidine rings is 1. The Balaban J connectivity index is 1.40. The first-order valence-electron chi connectivity index (χ1n) is 11.3. The number of fused-ring (bicyclic) bond motifs is 3. The summed E-state index contributed by atoms with van der Waals surface area (Å²) in [5.74, 6) is 5.97. The Hall–Kier alpha value is -0.120. The van der Waals surface area contributed by atoms with Gasteiger partial charge in [-0.3, -0.25) is 0 Å². The first kappa shape index (κ1) is 19.8. The Morgan fingerprint density at radius 3 is 2.71 bits per heavy atom. The van der Waals surface area contributed by atoms with Gasteiger partial charge in [0.05, 0.1) is 4.95 Å². The fourth-order valence-electron chi connectivity index (χ4n) is 7.51. The molecule has 0 spiro atoms. The lowest BCUT2D eigenvalue weighted by Gasteiger charge is -2.49. The summed E-state index contributed by atoms with van der Waals surface area (Å²) in [4.78, 5) is 0.527. The Labute approximate surface area is 187 Å². The fraction of sp³-hybridized carbons (Fsp3) is 0.680. The van der Waals surface area contributed by atoms with Crippen molar-refractivity contribution in [1.82, 2.24) is 5.32 Å². The van der Waals surface area contributed by atoms with Crippen molar-refractivity contribution in [2.75, 3.05) is 0 Å². The lowest BCUT2D eigenvalue weighted by atomic mass is 9.62. The molecule has 1 saturated heterocycles. The summed E-state index contributed by atoms with van der Waals surface area (Å²) < 4.78 is 1.26. The van der Waals surface area contributed by atoms with Crippen LogP contribution in [0, 0.1) is 35.5 Å². The molecule has 3 heteroatoms. The molecule has 0 amide bonds. The summed E-state index contributed by atoms with van der Waals surface area (Å²) in [6, 6.07) is 7.50. The summed E-state index contributed by atoms with van der Waals surface area (Å²) in [6.45, 7) is 7.48. The van der Waals surface area contributed by atoms with E-state index in [1.165, 1.54) is 42.1 Å². The van der Waals surface area contributed by atoms with Crippen molar-refractivity contribution in [3.8, 4) is 0 Å². The first-order chi connectivity index (χ1) is 13.4. The van der Waals surface area contributed by atoms with Crippen LogP contribution in [0.4, 0.5) is 0 Å². The van der Waals surface area contributed by atoms with Crippen molar-refractivity contribution in [3.05, 3.63) is 39.4 Å². The molecule has 0 bridgehead atoms. The number of hydrogen-bond donors (Lipinski definition) is 1. The highest BCUT2D eigenvalue weighted by Crippen LogP contribution is 2.57. The molecule has 1 aliphatic heterocycles. The molecular weight excluding hydrogens is 474 g/mol. The van der Waals surface area contributed by atoms with Crippen molar-refractivity contribution in [2.24, 2.45) is 35.5 Å². The third kappa shape index (κ3) is 3.19. The van der Waals surface area contributed by atoms with Crippen LogP contribution in [0.25, 0.3) is 6.08 Å². The molecule has 9 unspecified atom stereocenters. The Kier molecular flexibility index (Phi) is 5.33. The van der Waals surface area contributed by atoms with Gasteiger partial charge in [0, 0.05) is 16.4 Å². The maximum atomic E-state index is 3.92. The average molecular weight is 507 g/mol. The van der Waals surface area contributed by atoms with Gasteiger partial charge in [-0.05, 0) is 91.7 Å². The maximum absolute atomic E-state index is 3.92. The number of halogens is 2. The molecule has 5 rings (SSSR count). The van der Waals surface area contributed by atoms with Crippen LogP contribution in [0.3, 0.4) is 0 Å². The second-order valence-corrected chi connectivity index (χ2v) is 12.2. The van der Waals surface area contributed by atoms with Crippen LogP contribution in [0.15, 0.2) is 28.2 Å². The van der Waals surface area contributed by atoms with Crippen molar-refractivity contribution in [2.45, 2.75) is 69.8 Å². The summed E-state index contributed by atoms with van der Waals surface area (Å²) in [5.41, 5.74) is 4.55. The van der Waals surface area contributed by atoms with Crippen LogP contribution in [0.2, 0.25) is 0 Å². The highest BCUT2D eigenvalue weighted by molar-refractivity contribution is 9.10. The van der Waals surface area contributed by atoms with Gasteiger partial charge in [-0.25, -0.2) is 0 Å².